The van der Waals surface area contributed by atoms with Crippen LogP contribution in [-0.4, -0.2) is 22.5 Å². The van der Waals surface area contributed by atoms with E-state index in [-0.39, 0.29) is 39.7 Å². The average molecular weight is 453 g/mol. The predicted octanol–water partition coefficient (Wildman–Crippen LogP) is 4.56. The number of rotatable bonds is 7. The Hall–Kier alpha value is -2.51. The maximum absolute atomic E-state index is 13.4. The van der Waals surface area contributed by atoms with Crippen LogP contribution in [0.3, 0.4) is 0 Å². The maximum Gasteiger partial charge on any atom is 0.348 e. The molecule has 0 radical (unpaired) electrons. The van der Waals surface area contributed by atoms with Crippen LogP contribution >= 0.6 is 23.2 Å². The summed E-state index contributed by atoms with van der Waals surface area (Å²) in [5.74, 6) is -0.464. The van der Waals surface area contributed by atoms with Gasteiger partial charge in [0.25, 0.3) is 0 Å². The van der Waals surface area contributed by atoms with Crippen molar-refractivity contribution in [3.8, 4) is 11.5 Å². The zero-order chi connectivity index (χ0) is 21.5. The first-order valence-electron chi connectivity index (χ1n) is 9.37. The molecule has 0 aliphatic heterocycles. The van der Waals surface area contributed by atoms with Gasteiger partial charge in [0.2, 0.25) is 0 Å². The lowest BCUT2D eigenvalue weighted by Gasteiger charge is -2.70. The topological polar surface area (TPSA) is 87.7 Å². The Morgan fingerprint density at radius 3 is 2.53 bits per heavy atom. The number of halogens is 3. The highest BCUT2D eigenvalue weighted by molar-refractivity contribution is 6.31. The third-order valence-corrected chi connectivity index (χ3v) is 6.22. The van der Waals surface area contributed by atoms with Crippen LogP contribution in [-0.2, 0) is 11.2 Å². The first-order valence-corrected chi connectivity index (χ1v) is 10.1. The van der Waals surface area contributed by atoms with Gasteiger partial charge in [-0.25, -0.2) is 9.18 Å². The highest BCUT2D eigenvalue weighted by atomic mass is 35.5. The van der Waals surface area contributed by atoms with E-state index in [0.717, 1.165) is 6.07 Å². The molecule has 0 unspecified atom stereocenters. The number of Topliss-reactive ketones (excluding diaryl/α,β-unsaturated/α-hetero) is 1. The fourth-order valence-electron chi connectivity index (χ4n) is 4.61. The summed E-state index contributed by atoms with van der Waals surface area (Å²) in [4.78, 5) is 29.5. The van der Waals surface area contributed by atoms with Gasteiger partial charge in [0.15, 0.2) is 5.75 Å². The van der Waals surface area contributed by atoms with Crippen molar-refractivity contribution < 1.29 is 23.9 Å². The number of aromatic hydroxyl groups is 1. The number of phenolic OH excluding ortho intramolecular Hbond substituents is 1. The highest BCUT2D eigenvalue weighted by Gasteiger charge is 2.68. The lowest BCUT2D eigenvalue weighted by molar-refractivity contribution is -0.161. The normalized spacial score (nSPS) is 23.7. The van der Waals surface area contributed by atoms with Crippen LogP contribution in [0.15, 0.2) is 36.4 Å². The monoisotopic (exact) mass is 452 g/mol. The van der Waals surface area contributed by atoms with Gasteiger partial charge in [-0.15, -0.1) is 0 Å². The van der Waals surface area contributed by atoms with E-state index in [2.05, 4.69) is 10.8 Å². The Morgan fingerprint density at radius 2 is 1.87 bits per heavy atom. The summed E-state index contributed by atoms with van der Waals surface area (Å²) in [5, 5.41) is 13.1. The Morgan fingerprint density at radius 1 is 1.13 bits per heavy atom. The van der Waals surface area contributed by atoms with Crippen molar-refractivity contribution in [1.29, 1.82) is 0 Å². The predicted molar refractivity (Wildman–Crippen MR) is 109 cm³/mol. The van der Waals surface area contributed by atoms with Crippen molar-refractivity contribution in [2.75, 3.05) is 0 Å². The molecule has 3 aliphatic rings. The van der Waals surface area contributed by atoms with Crippen molar-refractivity contribution in [3.63, 3.8) is 0 Å². The van der Waals surface area contributed by atoms with E-state index in [1.165, 1.54) is 18.2 Å². The lowest BCUT2D eigenvalue weighted by atomic mass is 9.38. The number of hydroxylamine groups is 1. The molecular weight excluding hydrogens is 434 g/mol. The smallest absolute Gasteiger partial charge is 0.348 e. The number of amides is 2. The van der Waals surface area contributed by atoms with Crippen molar-refractivity contribution in [2.45, 2.75) is 37.6 Å². The zero-order valence-electron chi connectivity index (χ0n) is 15.8. The Kier molecular flexibility index (Phi) is 5.28. The minimum Gasteiger partial charge on any atom is -0.508 e. The van der Waals surface area contributed by atoms with Crippen molar-refractivity contribution in [1.82, 2.24) is 10.8 Å². The number of ketones is 1. The summed E-state index contributed by atoms with van der Waals surface area (Å²) in [7, 11) is 0. The molecule has 2 aromatic carbocycles. The van der Waals surface area contributed by atoms with Gasteiger partial charge in [0.05, 0.1) is 5.02 Å². The molecule has 0 aromatic heterocycles. The van der Waals surface area contributed by atoms with Crippen molar-refractivity contribution >= 4 is 35.0 Å². The van der Waals surface area contributed by atoms with Gasteiger partial charge in [-0.05, 0) is 48.9 Å². The van der Waals surface area contributed by atoms with Crippen LogP contribution in [0.1, 0.15) is 31.2 Å². The third kappa shape index (κ3) is 4.18. The van der Waals surface area contributed by atoms with Gasteiger partial charge in [-0.1, -0.05) is 29.3 Å². The molecule has 0 spiro atoms. The highest BCUT2D eigenvalue weighted by Crippen LogP contribution is 2.69. The number of urea groups is 1. The Bertz CT molecular complexity index is 1010. The van der Waals surface area contributed by atoms with Crippen LogP contribution in [0.5, 0.6) is 11.5 Å². The van der Waals surface area contributed by atoms with Gasteiger partial charge >= 0.3 is 6.03 Å². The standard InChI is InChI=1S/C21H19Cl2FN2O4/c22-13-2-1-12(18(28)6-13)5-14(27)8-20-9-21(10-20,11-20)25-19(29)26-30-15-3-4-16(23)17(24)7-15/h1-4,6-7,28H,5,8-11H2,(H2,25,26,29). The number of nitrogens with one attached hydrogen (secondary N) is 2. The molecule has 2 bridgehead atoms. The van der Waals surface area contributed by atoms with Gasteiger partial charge in [0, 0.05) is 35.0 Å². The molecule has 158 valence electrons. The van der Waals surface area contributed by atoms with Crippen LogP contribution in [0.25, 0.3) is 0 Å². The third-order valence-electron chi connectivity index (χ3n) is 5.68. The molecule has 3 saturated carbocycles. The summed E-state index contributed by atoms with van der Waals surface area (Å²) in [6.45, 7) is 0. The van der Waals surface area contributed by atoms with E-state index in [0.29, 0.717) is 36.3 Å². The van der Waals surface area contributed by atoms with E-state index in [1.54, 1.807) is 12.1 Å². The van der Waals surface area contributed by atoms with Crippen molar-refractivity contribution in [3.05, 3.63) is 57.8 Å². The molecule has 9 heteroatoms. The van der Waals surface area contributed by atoms with Gasteiger partial charge in [0.1, 0.15) is 17.3 Å². The molecule has 2 amide bonds. The fourth-order valence-corrected chi connectivity index (χ4v) is 4.89. The largest absolute Gasteiger partial charge is 0.508 e. The fraction of sp³-hybridized carbons (Fsp3) is 0.333. The van der Waals surface area contributed by atoms with Gasteiger partial charge in [-0.3, -0.25) is 4.79 Å². The lowest BCUT2D eigenvalue weighted by Crippen LogP contribution is -2.75. The van der Waals surface area contributed by atoms with E-state index < -0.39 is 11.8 Å². The maximum atomic E-state index is 13.4. The SMILES string of the molecule is O=C(Cc1ccc(Cl)cc1O)CC12CC(NC(=O)NOc3ccc(Cl)c(F)c3)(C1)C2. The first-order chi connectivity index (χ1) is 14.2. The second-order valence-electron chi connectivity index (χ2n) is 8.21. The quantitative estimate of drug-likeness (QED) is 0.537. The summed E-state index contributed by atoms with van der Waals surface area (Å²) >= 11 is 11.4. The molecule has 3 N–H and O–H groups in total. The number of hydrogen-bond acceptors (Lipinski definition) is 4. The second kappa shape index (κ2) is 7.63. The number of carbonyl (C=O) groups excluding carboxylic acids is 2. The summed E-state index contributed by atoms with van der Waals surface area (Å²) in [6, 6.07) is 8.02. The van der Waals surface area contributed by atoms with Crippen LogP contribution in [0, 0.1) is 11.2 Å². The van der Waals surface area contributed by atoms with E-state index >= 15 is 0 Å². The summed E-state index contributed by atoms with van der Waals surface area (Å²) in [6.07, 6.45) is 2.68. The number of carbonyl (C=O) groups is 2. The summed E-state index contributed by atoms with van der Waals surface area (Å²) < 4.78 is 13.4. The van der Waals surface area contributed by atoms with Crippen LogP contribution in [0.4, 0.5) is 9.18 Å². The molecule has 5 rings (SSSR count). The minimum atomic E-state index is -0.644. The van der Waals surface area contributed by atoms with Crippen molar-refractivity contribution in [2.24, 2.45) is 5.41 Å². The van der Waals surface area contributed by atoms with Gasteiger partial charge < -0.3 is 15.3 Å². The molecule has 2 aromatic rings. The molecule has 0 heterocycles. The molecule has 0 atom stereocenters. The average Bonchev–Trinajstić information content (AvgIpc) is 2.62. The number of benzene rings is 2. The molecule has 0 saturated heterocycles. The van der Waals surface area contributed by atoms with E-state index in [1.807, 2.05) is 0 Å². The second-order valence-corrected chi connectivity index (χ2v) is 9.05. The Labute approximate surface area is 182 Å². The summed E-state index contributed by atoms with van der Waals surface area (Å²) in [5.41, 5.74) is 2.36. The minimum absolute atomic E-state index is 0.0174. The molecule has 3 fully saturated rings. The number of phenols is 1. The van der Waals surface area contributed by atoms with Crippen LogP contribution < -0.4 is 15.6 Å². The number of hydrogen-bond donors (Lipinski definition) is 3. The molecule has 3 aliphatic carbocycles. The molecular formula is C21H19Cl2FN2O4. The van der Waals surface area contributed by atoms with Gasteiger partial charge in [-0.2, -0.15) is 5.48 Å². The van der Waals surface area contributed by atoms with E-state index in [4.69, 9.17) is 28.0 Å². The molecule has 30 heavy (non-hydrogen) atoms. The Balaban J connectivity index is 1.22. The zero-order valence-corrected chi connectivity index (χ0v) is 17.3. The van der Waals surface area contributed by atoms with E-state index in [9.17, 15) is 19.1 Å². The first kappa shape index (κ1) is 20.8. The molecule has 6 nitrogen and oxygen atoms in total. The van der Waals surface area contributed by atoms with Crippen LogP contribution in [0.2, 0.25) is 10.0 Å².